The average molecular weight is 390 g/mol. The van der Waals surface area contributed by atoms with Crippen LogP contribution in [0.15, 0.2) is 12.1 Å². The van der Waals surface area contributed by atoms with Crippen molar-refractivity contribution in [2.24, 2.45) is 5.92 Å². The van der Waals surface area contributed by atoms with Gasteiger partial charge in [-0.05, 0) is 57.0 Å². The minimum atomic E-state index is -0.449. The van der Waals surface area contributed by atoms with E-state index in [0.717, 1.165) is 37.1 Å². The highest BCUT2D eigenvalue weighted by Gasteiger charge is 2.41. The van der Waals surface area contributed by atoms with E-state index >= 15 is 0 Å². The van der Waals surface area contributed by atoms with Crippen LogP contribution in [0.5, 0.6) is 11.5 Å². The average Bonchev–Trinajstić information content (AvgIpc) is 2.65. The SMILES string of the molecule is CC.CCCB(C(=O)OC(C)(C)C)C1Cc2ccc(OC)c(OC)c2CC1C. The lowest BCUT2D eigenvalue weighted by Gasteiger charge is -2.35. The summed E-state index contributed by atoms with van der Waals surface area (Å²) >= 11 is 0. The molecule has 0 aromatic heterocycles. The van der Waals surface area contributed by atoms with E-state index in [1.165, 1.54) is 11.1 Å². The molecule has 5 heteroatoms. The Morgan fingerprint density at radius 3 is 2.29 bits per heavy atom. The molecule has 28 heavy (non-hydrogen) atoms. The molecule has 1 aliphatic rings. The zero-order valence-corrected chi connectivity index (χ0v) is 19.3. The Hall–Kier alpha value is -1.65. The van der Waals surface area contributed by atoms with Gasteiger partial charge in [-0.1, -0.05) is 46.5 Å². The van der Waals surface area contributed by atoms with E-state index in [0.29, 0.717) is 5.92 Å². The van der Waals surface area contributed by atoms with Gasteiger partial charge in [0.1, 0.15) is 5.60 Å². The number of rotatable bonds is 6. The number of benzene rings is 1. The second-order valence-electron chi connectivity index (χ2n) is 8.42. The highest BCUT2D eigenvalue weighted by atomic mass is 16.6. The van der Waals surface area contributed by atoms with E-state index < -0.39 is 5.60 Å². The van der Waals surface area contributed by atoms with Gasteiger partial charge in [0.25, 0.3) is 12.6 Å². The van der Waals surface area contributed by atoms with Crippen LogP contribution in [0.1, 0.15) is 66.0 Å². The Morgan fingerprint density at radius 2 is 1.79 bits per heavy atom. The van der Waals surface area contributed by atoms with Crippen molar-refractivity contribution in [1.29, 1.82) is 0 Å². The minimum Gasteiger partial charge on any atom is -0.493 e. The number of methoxy groups -OCH3 is 2. The van der Waals surface area contributed by atoms with Crippen LogP contribution < -0.4 is 9.47 Å². The van der Waals surface area contributed by atoms with E-state index in [1.54, 1.807) is 14.2 Å². The molecule has 0 amide bonds. The van der Waals surface area contributed by atoms with E-state index in [4.69, 9.17) is 14.2 Å². The quantitative estimate of drug-likeness (QED) is 0.538. The third-order valence-corrected chi connectivity index (χ3v) is 5.28. The molecule has 0 N–H and O–H groups in total. The van der Waals surface area contributed by atoms with Crippen molar-refractivity contribution in [3.05, 3.63) is 23.3 Å². The third-order valence-electron chi connectivity index (χ3n) is 5.28. The summed E-state index contributed by atoms with van der Waals surface area (Å²) in [5.41, 5.74) is 2.03. The van der Waals surface area contributed by atoms with Gasteiger partial charge < -0.3 is 14.2 Å². The number of hydrogen-bond donors (Lipinski definition) is 0. The van der Waals surface area contributed by atoms with Crippen LogP contribution in [0.2, 0.25) is 12.1 Å². The second kappa shape index (κ2) is 10.8. The molecule has 1 aromatic rings. The van der Waals surface area contributed by atoms with Gasteiger partial charge in [0.05, 0.1) is 14.2 Å². The molecule has 1 aromatic carbocycles. The van der Waals surface area contributed by atoms with E-state index in [2.05, 4.69) is 19.9 Å². The van der Waals surface area contributed by atoms with Gasteiger partial charge in [0.2, 0.25) is 0 Å². The molecule has 2 rings (SSSR count). The Kier molecular flexibility index (Phi) is 9.39. The largest absolute Gasteiger partial charge is 0.493 e. The monoisotopic (exact) mass is 390 g/mol. The maximum absolute atomic E-state index is 12.9. The molecule has 0 spiro atoms. The first-order valence-electron chi connectivity index (χ1n) is 10.7. The summed E-state index contributed by atoms with van der Waals surface area (Å²) in [5.74, 6) is 2.22. The lowest BCUT2D eigenvalue weighted by atomic mass is 9.34. The number of fused-ring (bicyclic) bond motifs is 1. The molecule has 0 aliphatic heterocycles. The lowest BCUT2D eigenvalue weighted by molar-refractivity contribution is 0.0704. The minimum absolute atomic E-state index is 0.0554. The van der Waals surface area contributed by atoms with Crippen molar-refractivity contribution in [1.82, 2.24) is 0 Å². The Balaban J connectivity index is 0.00000190. The molecular formula is C23H39BO4. The second-order valence-corrected chi connectivity index (χ2v) is 8.42. The van der Waals surface area contributed by atoms with Crippen LogP contribution in [0.3, 0.4) is 0 Å². The van der Waals surface area contributed by atoms with Crippen LogP contribution in [-0.4, -0.2) is 32.4 Å². The molecule has 1 aliphatic carbocycles. The summed E-state index contributed by atoms with van der Waals surface area (Å²) in [5, 5.41) is 0. The molecular weight excluding hydrogens is 351 g/mol. The van der Waals surface area contributed by atoms with Crippen molar-refractivity contribution in [2.45, 2.75) is 85.5 Å². The molecule has 0 bridgehead atoms. The number of ether oxygens (including phenoxy) is 3. The standard InChI is InChI=1S/C21H33BO4.C2H6/c1-8-11-22(20(23)26-21(3,4)5)17-13-15-9-10-18(24-6)19(25-7)16(15)12-14(17)2;1-2/h9-10,14,17H,8,11-13H2,1-7H3;1-2H3. The lowest BCUT2D eigenvalue weighted by Crippen LogP contribution is -2.41. The van der Waals surface area contributed by atoms with Crippen molar-refractivity contribution < 1.29 is 19.0 Å². The van der Waals surface area contributed by atoms with Gasteiger partial charge in [0, 0.05) is 5.56 Å². The Bertz CT molecular complexity index is 636. The molecule has 0 radical (unpaired) electrons. The van der Waals surface area contributed by atoms with Gasteiger partial charge in [-0.25, -0.2) is 0 Å². The van der Waals surface area contributed by atoms with Crippen LogP contribution in [0, 0.1) is 5.92 Å². The normalized spacial score (nSPS) is 18.3. The predicted octanol–water partition coefficient (Wildman–Crippen LogP) is 6.26. The van der Waals surface area contributed by atoms with Gasteiger partial charge in [-0.3, -0.25) is 4.79 Å². The van der Waals surface area contributed by atoms with Gasteiger partial charge in [-0.15, -0.1) is 0 Å². The Morgan fingerprint density at radius 1 is 1.14 bits per heavy atom. The fourth-order valence-corrected chi connectivity index (χ4v) is 4.11. The predicted molar refractivity (Wildman–Crippen MR) is 118 cm³/mol. The maximum atomic E-state index is 12.9. The molecule has 2 unspecified atom stereocenters. The third kappa shape index (κ3) is 5.92. The van der Waals surface area contributed by atoms with E-state index in [1.807, 2.05) is 40.7 Å². The number of hydrogen-bond acceptors (Lipinski definition) is 4. The molecule has 2 atom stereocenters. The van der Waals surface area contributed by atoms with Gasteiger partial charge >= 0.3 is 0 Å². The summed E-state index contributed by atoms with van der Waals surface area (Å²) < 4.78 is 16.8. The van der Waals surface area contributed by atoms with Crippen LogP contribution in [-0.2, 0) is 17.6 Å². The smallest absolute Gasteiger partial charge is 0.281 e. The number of carbonyl (C=O) groups excluding carboxylic acids is 1. The molecule has 0 saturated carbocycles. The summed E-state index contributed by atoms with van der Waals surface area (Å²) in [6.07, 6.45) is 3.61. The summed E-state index contributed by atoms with van der Waals surface area (Å²) in [6.45, 7) is 14.1. The fraction of sp³-hybridized carbons (Fsp3) is 0.696. The first kappa shape index (κ1) is 24.4. The topological polar surface area (TPSA) is 44.8 Å². The summed E-state index contributed by atoms with van der Waals surface area (Å²) in [6, 6.07) is 4.08. The zero-order valence-electron chi connectivity index (χ0n) is 19.3. The molecule has 0 fully saturated rings. The highest BCUT2D eigenvalue weighted by Crippen LogP contribution is 2.44. The van der Waals surface area contributed by atoms with Gasteiger partial charge in [-0.2, -0.15) is 0 Å². The molecule has 0 saturated heterocycles. The molecule has 0 heterocycles. The first-order chi connectivity index (χ1) is 13.2. The van der Waals surface area contributed by atoms with Crippen molar-refractivity contribution in [3.8, 4) is 11.5 Å². The zero-order chi connectivity index (χ0) is 21.5. The van der Waals surface area contributed by atoms with Crippen LogP contribution >= 0.6 is 0 Å². The summed E-state index contributed by atoms with van der Waals surface area (Å²) in [4.78, 5) is 12.9. The first-order valence-corrected chi connectivity index (χ1v) is 10.7. The van der Waals surface area contributed by atoms with Crippen molar-refractivity contribution >= 4 is 12.6 Å². The molecule has 158 valence electrons. The molecule has 4 nitrogen and oxygen atoms in total. The number of carbonyl (C=O) groups is 1. The Labute approximate surface area is 172 Å². The van der Waals surface area contributed by atoms with Crippen molar-refractivity contribution in [3.63, 3.8) is 0 Å². The summed E-state index contributed by atoms with van der Waals surface area (Å²) in [7, 11) is 3.36. The van der Waals surface area contributed by atoms with Crippen LogP contribution in [0.4, 0.5) is 4.79 Å². The van der Waals surface area contributed by atoms with Crippen LogP contribution in [0.25, 0.3) is 0 Å². The maximum Gasteiger partial charge on any atom is 0.281 e. The van der Waals surface area contributed by atoms with Gasteiger partial charge in [0.15, 0.2) is 11.5 Å². The fourth-order valence-electron chi connectivity index (χ4n) is 4.11. The van der Waals surface area contributed by atoms with E-state index in [9.17, 15) is 4.79 Å². The van der Waals surface area contributed by atoms with E-state index in [-0.39, 0.29) is 18.4 Å². The van der Waals surface area contributed by atoms with Crippen molar-refractivity contribution in [2.75, 3.05) is 14.2 Å². The highest BCUT2D eigenvalue weighted by molar-refractivity contribution is 6.89.